The minimum atomic E-state index is -3.02. The highest BCUT2D eigenvalue weighted by atomic mass is 35.5. The van der Waals surface area contributed by atoms with Crippen molar-refractivity contribution < 1.29 is 12.8 Å². The first-order valence-electron chi connectivity index (χ1n) is 5.72. The highest BCUT2D eigenvalue weighted by molar-refractivity contribution is 7.91. The lowest BCUT2D eigenvalue weighted by atomic mass is 10.2. The van der Waals surface area contributed by atoms with E-state index in [0.717, 1.165) is 0 Å². The maximum absolute atomic E-state index is 13.6. The van der Waals surface area contributed by atoms with Crippen molar-refractivity contribution in [2.24, 2.45) is 0 Å². The summed E-state index contributed by atoms with van der Waals surface area (Å²) >= 11 is 5.66. The third kappa shape index (κ3) is 4.55. The van der Waals surface area contributed by atoms with E-state index >= 15 is 0 Å². The Labute approximate surface area is 112 Å². The molecule has 102 valence electrons. The predicted molar refractivity (Wildman–Crippen MR) is 72.0 cm³/mol. The van der Waals surface area contributed by atoms with Crippen molar-refractivity contribution in [1.82, 2.24) is 5.32 Å². The Morgan fingerprint density at radius 2 is 2.11 bits per heavy atom. The van der Waals surface area contributed by atoms with E-state index in [1.807, 2.05) is 0 Å². The van der Waals surface area contributed by atoms with E-state index in [4.69, 9.17) is 11.6 Å². The Kier molecular flexibility index (Phi) is 5.56. The molecule has 18 heavy (non-hydrogen) atoms. The summed E-state index contributed by atoms with van der Waals surface area (Å²) in [5, 5.41) is 3.05. The number of hydrogen-bond donors (Lipinski definition) is 1. The molecule has 1 aromatic rings. The second-order valence-corrected chi connectivity index (χ2v) is 7.00. The van der Waals surface area contributed by atoms with Crippen molar-refractivity contribution in [3.05, 3.63) is 34.6 Å². The van der Waals surface area contributed by atoms with E-state index < -0.39 is 15.7 Å². The smallest absolute Gasteiger partial charge is 0.151 e. The number of sulfone groups is 1. The van der Waals surface area contributed by atoms with Crippen molar-refractivity contribution >= 4 is 21.4 Å². The third-order valence-corrected chi connectivity index (χ3v) is 4.80. The van der Waals surface area contributed by atoms with E-state index in [9.17, 15) is 12.8 Å². The van der Waals surface area contributed by atoms with Crippen molar-refractivity contribution in [1.29, 1.82) is 0 Å². The zero-order chi connectivity index (χ0) is 13.8. The van der Waals surface area contributed by atoms with Gasteiger partial charge in [-0.05, 0) is 13.0 Å². The molecule has 0 radical (unpaired) electrons. The molecule has 6 heteroatoms. The Balaban J connectivity index is 2.58. The van der Waals surface area contributed by atoms with Crippen LogP contribution in [0.4, 0.5) is 4.39 Å². The maximum atomic E-state index is 13.6. The highest BCUT2D eigenvalue weighted by Crippen LogP contribution is 2.17. The van der Waals surface area contributed by atoms with E-state index in [-0.39, 0.29) is 29.1 Å². The molecule has 0 saturated carbocycles. The standard InChI is InChI=1S/C12H17ClFNO2S/c1-3-18(16,17)8-9(2)15-7-10-5-4-6-11(13)12(10)14/h4-6,9,15H,3,7-8H2,1-2H3/t9-/m0/s1. The zero-order valence-electron chi connectivity index (χ0n) is 10.4. The first kappa shape index (κ1) is 15.4. The number of hydrogen-bond acceptors (Lipinski definition) is 3. The van der Waals surface area contributed by atoms with Gasteiger partial charge in [-0.3, -0.25) is 0 Å². The molecule has 1 atom stereocenters. The summed E-state index contributed by atoms with van der Waals surface area (Å²) in [4.78, 5) is 0. The largest absolute Gasteiger partial charge is 0.309 e. The molecule has 0 aromatic heterocycles. The van der Waals surface area contributed by atoms with Crippen LogP contribution in [0.15, 0.2) is 18.2 Å². The molecule has 0 bridgehead atoms. The lowest BCUT2D eigenvalue weighted by Crippen LogP contribution is -2.33. The fourth-order valence-corrected chi connectivity index (χ4v) is 2.84. The molecule has 0 amide bonds. The summed E-state index contributed by atoms with van der Waals surface area (Å²) < 4.78 is 36.4. The lowest BCUT2D eigenvalue weighted by molar-refractivity contribution is 0.541. The molecule has 0 aliphatic carbocycles. The van der Waals surface area contributed by atoms with Crippen molar-refractivity contribution in [3.63, 3.8) is 0 Å². The molecule has 1 N–H and O–H groups in total. The Morgan fingerprint density at radius 1 is 1.44 bits per heavy atom. The van der Waals surface area contributed by atoms with Crippen LogP contribution in [0, 0.1) is 5.82 Å². The summed E-state index contributed by atoms with van der Waals surface area (Å²) in [7, 11) is -3.02. The normalized spacial score (nSPS) is 13.6. The monoisotopic (exact) mass is 293 g/mol. The van der Waals surface area contributed by atoms with Crippen LogP contribution in [0.1, 0.15) is 19.4 Å². The first-order valence-corrected chi connectivity index (χ1v) is 7.92. The molecule has 0 saturated heterocycles. The van der Waals surface area contributed by atoms with Gasteiger partial charge >= 0.3 is 0 Å². The molecule has 0 heterocycles. The Hall–Kier alpha value is -0.650. The molecular weight excluding hydrogens is 277 g/mol. The third-order valence-electron chi connectivity index (χ3n) is 2.62. The summed E-state index contributed by atoms with van der Waals surface area (Å²) in [6, 6.07) is 4.53. The minimum absolute atomic E-state index is 0.0473. The predicted octanol–water partition coefficient (Wildman–Crippen LogP) is 2.39. The lowest BCUT2D eigenvalue weighted by Gasteiger charge is -2.14. The van der Waals surface area contributed by atoms with Crippen LogP contribution in [0.25, 0.3) is 0 Å². The minimum Gasteiger partial charge on any atom is -0.309 e. The number of halogens is 2. The summed E-state index contributed by atoms with van der Waals surface area (Å²) in [5.74, 6) is -0.298. The second-order valence-electron chi connectivity index (χ2n) is 4.19. The van der Waals surface area contributed by atoms with Gasteiger partial charge in [-0.2, -0.15) is 0 Å². The van der Waals surface area contributed by atoms with Gasteiger partial charge in [0.05, 0.1) is 10.8 Å². The fourth-order valence-electron chi connectivity index (χ4n) is 1.53. The van der Waals surface area contributed by atoms with Gasteiger partial charge in [-0.25, -0.2) is 12.8 Å². The molecule has 0 unspecified atom stereocenters. The van der Waals surface area contributed by atoms with Crippen molar-refractivity contribution in [2.75, 3.05) is 11.5 Å². The number of benzene rings is 1. The average molecular weight is 294 g/mol. The molecular formula is C12H17ClFNO2S. The molecule has 0 aliphatic rings. The van der Waals surface area contributed by atoms with Gasteiger partial charge in [0.25, 0.3) is 0 Å². The summed E-state index contributed by atoms with van der Waals surface area (Å²) in [6.07, 6.45) is 0. The van der Waals surface area contributed by atoms with Gasteiger partial charge in [-0.1, -0.05) is 30.7 Å². The van der Waals surface area contributed by atoms with Crippen molar-refractivity contribution in [3.8, 4) is 0 Å². The quantitative estimate of drug-likeness (QED) is 0.876. The van der Waals surface area contributed by atoms with Gasteiger partial charge in [-0.15, -0.1) is 0 Å². The SMILES string of the molecule is CCS(=O)(=O)C[C@H](C)NCc1cccc(Cl)c1F. The molecule has 0 aliphatic heterocycles. The fraction of sp³-hybridized carbons (Fsp3) is 0.500. The van der Waals surface area contributed by atoms with Crippen molar-refractivity contribution in [2.45, 2.75) is 26.4 Å². The summed E-state index contributed by atoms with van der Waals surface area (Å²) in [5.41, 5.74) is 0.434. The molecule has 1 aromatic carbocycles. The van der Waals surface area contributed by atoms with Crippen LogP contribution < -0.4 is 5.32 Å². The van der Waals surface area contributed by atoms with Gasteiger partial charge in [0.2, 0.25) is 0 Å². The van der Waals surface area contributed by atoms with Crippen LogP contribution in [0.3, 0.4) is 0 Å². The number of rotatable bonds is 6. The van der Waals surface area contributed by atoms with Crippen LogP contribution >= 0.6 is 11.6 Å². The molecule has 0 fully saturated rings. The van der Waals surface area contributed by atoms with E-state index in [1.54, 1.807) is 26.0 Å². The highest BCUT2D eigenvalue weighted by Gasteiger charge is 2.14. The van der Waals surface area contributed by atoms with Gasteiger partial charge < -0.3 is 5.32 Å². The van der Waals surface area contributed by atoms with Crippen LogP contribution in [0.2, 0.25) is 5.02 Å². The number of nitrogens with one attached hydrogen (secondary N) is 1. The molecule has 1 rings (SSSR count). The molecule has 0 spiro atoms. The second kappa shape index (κ2) is 6.50. The van der Waals surface area contributed by atoms with E-state index in [1.165, 1.54) is 6.07 Å². The molecule has 3 nitrogen and oxygen atoms in total. The maximum Gasteiger partial charge on any atom is 0.151 e. The van der Waals surface area contributed by atoms with Gasteiger partial charge in [0.15, 0.2) is 9.84 Å². The summed E-state index contributed by atoms with van der Waals surface area (Å²) in [6.45, 7) is 3.63. The average Bonchev–Trinajstić information content (AvgIpc) is 2.30. The van der Waals surface area contributed by atoms with E-state index in [0.29, 0.717) is 5.56 Å². The Morgan fingerprint density at radius 3 is 2.72 bits per heavy atom. The van der Waals surface area contributed by atoms with Crippen LogP contribution in [-0.4, -0.2) is 26.0 Å². The van der Waals surface area contributed by atoms with E-state index in [2.05, 4.69) is 5.32 Å². The van der Waals surface area contributed by atoms with Gasteiger partial charge in [0, 0.05) is 23.9 Å². The van der Waals surface area contributed by atoms with Crippen LogP contribution in [0.5, 0.6) is 0 Å². The topological polar surface area (TPSA) is 46.2 Å². The first-order chi connectivity index (χ1) is 8.35. The zero-order valence-corrected chi connectivity index (χ0v) is 12.0. The van der Waals surface area contributed by atoms with Crippen LogP contribution in [-0.2, 0) is 16.4 Å². The van der Waals surface area contributed by atoms with Gasteiger partial charge in [0.1, 0.15) is 5.82 Å². The Bertz CT molecular complexity index is 505.